The first-order valence-corrected chi connectivity index (χ1v) is 9.24. The van der Waals surface area contributed by atoms with Crippen molar-refractivity contribution in [2.45, 2.75) is 12.7 Å². The largest absolute Gasteiger partial charge is 0.416 e. The molecule has 0 unspecified atom stereocenters. The lowest BCUT2D eigenvalue weighted by Gasteiger charge is -2.35. The number of pyridine rings is 1. The molecule has 28 heavy (non-hydrogen) atoms. The van der Waals surface area contributed by atoms with Crippen molar-refractivity contribution >= 4 is 35.1 Å². The average molecular weight is 433 g/mol. The number of piperazine rings is 1. The first-order chi connectivity index (χ1) is 13.2. The summed E-state index contributed by atoms with van der Waals surface area (Å²) in [5, 5.41) is 3.65. The SMILES string of the molecule is O=C(NCc1ccc(Cl)c(Cl)c1)N1CCN(c2cc(C(F)(F)F)ccn2)CC1. The van der Waals surface area contributed by atoms with Crippen LogP contribution in [0.2, 0.25) is 10.0 Å². The average Bonchev–Trinajstić information content (AvgIpc) is 2.68. The molecule has 2 amide bonds. The number of rotatable bonds is 3. The molecule has 1 aromatic heterocycles. The van der Waals surface area contributed by atoms with Gasteiger partial charge in [-0.25, -0.2) is 9.78 Å². The van der Waals surface area contributed by atoms with Crippen molar-refractivity contribution < 1.29 is 18.0 Å². The van der Waals surface area contributed by atoms with Gasteiger partial charge in [-0.1, -0.05) is 29.3 Å². The van der Waals surface area contributed by atoms with Crippen molar-refractivity contribution in [1.82, 2.24) is 15.2 Å². The highest BCUT2D eigenvalue weighted by Crippen LogP contribution is 2.31. The number of amides is 2. The van der Waals surface area contributed by atoms with E-state index in [1.54, 1.807) is 28.0 Å². The summed E-state index contributed by atoms with van der Waals surface area (Å²) in [7, 11) is 0. The summed E-state index contributed by atoms with van der Waals surface area (Å²) >= 11 is 11.8. The molecule has 1 fully saturated rings. The van der Waals surface area contributed by atoms with Crippen LogP contribution >= 0.6 is 23.2 Å². The molecule has 5 nitrogen and oxygen atoms in total. The van der Waals surface area contributed by atoms with E-state index in [2.05, 4.69) is 10.3 Å². The zero-order chi connectivity index (χ0) is 20.3. The highest BCUT2D eigenvalue weighted by atomic mass is 35.5. The van der Waals surface area contributed by atoms with Crippen molar-refractivity contribution in [2.24, 2.45) is 0 Å². The molecule has 1 aromatic carbocycles. The van der Waals surface area contributed by atoms with Gasteiger partial charge in [0.05, 0.1) is 15.6 Å². The maximum Gasteiger partial charge on any atom is 0.416 e. The number of alkyl halides is 3. The second-order valence-corrected chi connectivity index (χ2v) is 7.10. The summed E-state index contributed by atoms with van der Waals surface area (Å²) in [6.07, 6.45) is -3.27. The second-order valence-electron chi connectivity index (χ2n) is 6.28. The number of aromatic nitrogens is 1. The predicted octanol–water partition coefficient (Wildman–Crippen LogP) is 4.44. The molecule has 0 bridgehead atoms. The first-order valence-electron chi connectivity index (χ1n) is 8.49. The smallest absolute Gasteiger partial charge is 0.353 e. The van der Waals surface area contributed by atoms with E-state index >= 15 is 0 Å². The third kappa shape index (κ3) is 4.99. The lowest BCUT2D eigenvalue weighted by molar-refractivity contribution is -0.137. The molecule has 2 aromatic rings. The number of nitrogens with zero attached hydrogens (tertiary/aromatic N) is 3. The van der Waals surface area contributed by atoms with Gasteiger partial charge in [0.2, 0.25) is 0 Å². The zero-order valence-electron chi connectivity index (χ0n) is 14.6. The van der Waals surface area contributed by atoms with Gasteiger partial charge in [0, 0.05) is 38.9 Å². The standard InChI is InChI=1S/C18H17Cl2F3N4O/c19-14-2-1-12(9-15(14)20)11-25-17(28)27-7-5-26(6-8-27)16-10-13(3-4-24-16)18(21,22)23/h1-4,9-10H,5-8,11H2,(H,25,28). The van der Waals surface area contributed by atoms with Gasteiger partial charge < -0.3 is 15.1 Å². The zero-order valence-corrected chi connectivity index (χ0v) is 16.2. The maximum absolute atomic E-state index is 12.9. The fraction of sp³-hybridized carbons (Fsp3) is 0.333. The summed E-state index contributed by atoms with van der Waals surface area (Å²) < 4.78 is 38.6. The van der Waals surface area contributed by atoms with Crippen molar-refractivity contribution in [3.63, 3.8) is 0 Å². The van der Waals surface area contributed by atoms with Crippen molar-refractivity contribution in [3.8, 4) is 0 Å². The molecule has 1 aliphatic heterocycles. The number of hydrogen-bond acceptors (Lipinski definition) is 3. The summed E-state index contributed by atoms with van der Waals surface area (Å²) in [5.41, 5.74) is 0.0776. The molecular formula is C18H17Cl2F3N4O. The van der Waals surface area contributed by atoms with Crippen LogP contribution in [0.1, 0.15) is 11.1 Å². The number of hydrogen-bond donors (Lipinski definition) is 1. The quantitative estimate of drug-likeness (QED) is 0.779. The minimum absolute atomic E-state index is 0.247. The molecule has 1 aliphatic rings. The molecule has 3 rings (SSSR count). The number of benzene rings is 1. The lowest BCUT2D eigenvalue weighted by atomic mass is 10.2. The molecule has 1 N–H and O–H groups in total. The maximum atomic E-state index is 12.9. The van der Waals surface area contributed by atoms with E-state index in [4.69, 9.17) is 23.2 Å². The van der Waals surface area contributed by atoms with Gasteiger partial charge in [0.25, 0.3) is 0 Å². The van der Waals surface area contributed by atoms with E-state index < -0.39 is 11.7 Å². The number of carbonyl (C=O) groups excluding carboxylic acids is 1. The minimum Gasteiger partial charge on any atom is -0.353 e. The van der Waals surface area contributed by atoms with Gasteiger partial charge in [-0.3, -0.25) is 0 Å². The van der Waals surface area contributed by atoms with E-state index in [0.717, 1.165) is 23.9 Å². The third-order valence-electron chi connectivity index (χ3n) is 4.39. The number of carbonyl (C=O) groups is 1. The van der Waals surface area contributed by atoms with E-state index in [1.165, 1.54) is 0 Å². The first kappa shape index (κ1) is 20.5. The van der Waals surface area contributed by atoms with Crippen LogP contribution in [0.15, 0.2) is 36.5 Å². The Labute approximate surface area is 170 Å². The van der Waals surface area contributed by atoms with Gasteiger partial charge in [0.15, 0.2) is 0 Å². The van der Waals surface area contributed by atoms with Gasteiger partial charge >= 0.3 is 12.2 Å². The van der Waals surface area contributed by atoms with E-state index in [9.17, 15) is 18.0 Å². The van der Waals surface area contributed by atoms with Crippen molar-refractivity contribution in [2.75, 3.05) is 31.1 Å². The van der Waals surface area contributed by atoms with Crippen LogP contribution in [0.3, 0.4) is 0 Å². The minimum atomic E-state index is -4.41. The number of halogens is 5. The third-order valence-corrected chi connectivity index (χ3v) is 5.13. The molecule has 0 saturated carbocycles. The Balaban J connectivity index is 1.53. The topological polar surface area (TPSA) is 48.5 Å². The Hall–Kier alpha value is -2.19. The van der Waals surface area contributed by atoms with Gasteiger partial charge in [-0.05, 0) is 29.8 Å². The number of urea groups is 1. The molecule has 0 aliphatic carbocycles. The molecule has 2 heterocycles. The van der Waals surface area contributed by atoms with Crippen LogP contribution in [0, 0.1) is 0 Å². The Morgan fingerprint density at radius 3 is 2.43 bits per heavy atom. The van der Waals surface area contributed by atoms with Crippen molar-refractivity contribution in [1.29, 1.82) is 0 Å². The molecule has 1 saturated heterocycles. The van der Waals surface area contributed by atoms with Crippen LogP contribution < -0.4 is 10.2 Å². The Bertz CT molecular complexity index is 855. The second kappa shape index (κ2) is 8.45. The number of anilines is 1. The molecule has 0 radical (unpaired) electrons. The monoisotopic (exact) mass is 432 g/mol. The van der Waals surface area contributed by atoms with E-state index in [-0.39, 0.29) is 11.8 Å². The molecule has 0 atom stereocenters. The van der Waals surface area contributed by atoms with Crippen LogP contribution in [0.25, 0.3) is 0 Å². The van der Waals surface area contributed by atoms with Crippen molar-refractivity contribution in [3.05, 3.63) is 57.7 Å². The van der Waals surface area contributed by atoms with Gasteiger partial charge in [-0.15, -0.1) is 0 Å². The molecule has 150 valence electrons. The van der Waals surface area contributed by atoms with E-state index in [0.29, 0.717) is 42.8 Å². The fourth-order valence-electron chi connectivity index (χ4n) is 2.85. The number of nitrogens with one attached hydrogen (secondary N) is 1. The van der Waals surface area contributed by atoms with E-state index in [1.807, 2.05) is 0 Å². The van der Waals surface area contributed by atoms with Crippen LogP contribution in [0.5, 0.6) is 0 Å². The Morgan fingerprint density at radius 2 is 1.79 bits per heavy atom. The molecule has 10 heteroatoms. The van der Waals surface area contributed by atoms with Gasteiger partial charge in [0.1, 0.15) is 5.82 Å². The fourth-order valence-corrected chi connectivity index (χ4v) is 3.17. The predicted molar refractivity (Wildman–Crippen MR) is 102 cm³/mol. The lowest BCUT2D eigenvalue weighted by Crippen LogP contribution is -2.51. The van der Waals surface area contributed by atoms with Gasteiger partial charge in [-0.2, -0.15) is 13.2 Å². The highest BCUT2D eigenvalue weighted by molar-refractivity contribution is 6.42. The Morgan fingerprint density at radius 1 is 1.07 bits per heavy atom. The summed E-state index contributed by atoms with van der Waals surface area (Å²) in [6.45, 7) is 1.85. The summed E-state index contributed by atoms with van der Waals surface area (Å²) in [4.78, 5) is 19.7. The highest BCUT2D eigenvalue weighted by Gasteiger charge is 2.31. The normalized spacial score (nSPS) is 14.9. The Kier molecular flexibility index (Phi) is 6.20. The van der Waals surface area contributed by atoms with Crippen LogP contribution in [-0.2, 0) is 12.7 Å². The molecule has 0 spiro atoms. The van der Waals surface area contributed by atoms with Crippen LogP contribution in [0.4, 0.5) is 23.8 Å². The summed E-state index contributed by atoms with van der Waals surface area (Å²) in [6, 6.07) is 6.83. The van der Waals surface area contributed by atoms with Crippen LogP contribution in [-0.4, -0.2) is 42.1 Å². The molecular weight excluding hydrogens is 416 g/mol. The summed E-state index contributed by atoms with van der Waals surface area (Å²) in [5.74, 6) is 0.255.